The lowest BCUT2D eigenvalue weighted by molar-refractivity contribution is -0.188. The fraction of sp³-hybridized carbons (Fsp3) is 0.462. The van der Waals surface area contributed by atoms with Crippen LogP contribution in [0.5, 0.6) is 5.75 Å². The van der Waals surface area contributed by atoms with Crippen LogP contribution >= 0.6 is 24.8 Å². The number of benzene rings is 1. The van der Waals surface area contributed by atoms with Crippen molar-refractivity contribution in [1.29, 1.82) is 5.26 Å². The number of phenols is 1. The highest BCUT2D eigenvalue weighted by Crippen LogP contribution is 2.42. The number of phenolic OH excluding ortho intramolecular Hbond substituents is 1. The summed E-state index contributed by atoms with van der Waals surface area (Å²) in [6.07, 6.45) is -4.51. The molecule has 0 saturated carbocycles. The molecule has 1 heterocycles. The van der Waals surface area contributed by atoms with Crippen molar-refractivity contribution in [3.8, 4) is 11.8 Å². The van der Waals surface area contributed by atoms with Crippen molar-refractivity contribution in [2.45, 2.75) is 12.2 Å². The van der Waals surface area contributed by atoms with Gasteiger partial charge in [0.05, 0.1) is 5.56 Å². The minimum Gasteiger partial charge on any atom is -0.506 e. The summed E-state index contributed by atoms with van der Waals surface area (Å²) in [5.74, 6) is -0.587. The molecule has 124 valence electrons. The Morgan fingerprint density at radius 1 is 1.23 bits per heavy atom. The Bertz CT molecular complexity index is 528. The number of nitrogens with zero attached hydrogens (tertiary/aromatic N) is 2. The van der Waals surface area contributed by atoms with Gasteiger partial charge >= 0.3 is 6.18 Å². The molecule has 0 amide bonds. The third-order valence-electron chi connectivity index (χ3n) is 3.31. The molecule has 22 heavy (non-hydrogen) atoms. The molecule has 4 nitrogen and oxygen atoms in total. The lowest BCUT2D eigenvalue weighted by Crippen LogP contribution is -2.49. The molecule has 0 unspecified atom stereocenters. The quantitative estimate of drug-likeness (QED) is 0.854. The molecule has 1 aromatic rings. The highest BCUT2D eigenvalue weighted by Gasteiger charge is 2.46. The second kappa shape index (κ2) is 8.44. The summed E-state index contributed by atoms with van der Waals surface area (Å²) < 4.78 is 40.0. The number of piperazine rings is 1. The van der Waals surface area contributed by atoms with E-state index >= 15 is 0 Å². The lowest BCUT2D eigenvalue weighted by atomic mass is 10.00. The minimum absolute atomic E-state index is 0. The third-order valence-corrected chi connectivity index (χ3v) is 3.31. The molecule has 1 aliphatic heterocycles. The van der Waals surface area contributed by atoms with Gasteiger partial charge in [-0.2, -0.15) is 18.4 Å². The predicted molar refractivity (Wildman–Crippen MR) is 80.6 cm³/mol. The average molecular weight is 358 g/mol. The van der Waals surface area contributed by atoms with Gasteiger partial charge in [-0.15, -0.1) is 24.8 Å². The van der Waals surface area contributed by atoms with E-state index < -0.39 is 18.0 Å². The summed E-state index contributed by atoms with van der Waals surface area (Å²) in [4.78, 5) is 1.27. The minimum atomic E-state index is -4.51. The van der Waals surface area contributed by atoms with Crippen LogP contribution in [-0.2, 0) is 0 Å². The number of nitrogens with one attached hydrogen (secondary N) is 1. The van der Waals surface area contributed by atoms with Crippen LogP contribution in [0.3, 0.4) is 0 Å². The van der Waals surface area contributed by atoms with Crippen molar-refractivity contribution in [2.75, 3.05) is 26.2 Å². The van der Waals surface area contributed by atoms with Crippen molar-refractivity contribution >= 4 is 24.8 Å². The maximum atomic E-state index is 13.3. The summed E-state index contributed by atoms with van der Waals surface area (Å²) in [6.45, 7) is 1.40. The predicted octanol–water partition coefficient (Wildman–Crippen LogP) is 2.62. The SMILES string of the molecule is Cl.Cl.N#Cc1cccc([C@H](N2CCNCC2)C(F)(F)F)c1O. The zero-order chi connectivity index (χ0) is 14.8. The molecule has 0 aromatic heterocycles. The topological polar surface area (TPSA) is 59.3 Å². The van der Waals surface area contributed by atoms with Crippen LogP contribution in [0.4, 0.5) is 13.2 Å². The number of rotatable bonds is 2. The molecule has 1 saturated heterocycles. The van der Waals surface area contributed by atoms with Gasteiger partial charge < -0.3 is 10.4 Å². The van der Waals surface area contributed by atoms with E-state index in [1.54, 1.807) is 6.07 Å². The van der Waals surface area contributed by atoms with Crippen molar-refractivity contribution in [1.82, 2.24) is 10.2 Å². The zero-order valence-corrected chi connectivity index (χ0v) is 13.1. The number of hydrogen-bond donors (Lipinski definition) is 2. The Hall–Kier alpha value is -1.20. The Morgan fingerprint density at radius 2 is 1.82 bits per heavy atom. The van der Waals surface area contributed by atoms with Crippen LogP contribution in [0, 0.1) is 11.3 Å². The summed E-state index contributed by atoms with van der Waals surface area (Å²) >= 11 is 0. The first-order chi connectivity index (χ1) is 9.45. The number of alkyl halides is 3. The third kappa shape index (κ3) is 4.40. The molecule has 1 aromatic carbocycles. The second-order valence-corrected chi connectivity index (χ2v) is 4.59. The Morgan fingerprint density at radius 3 is 2.32 bits per heavy atom. The Balaban J connectivity index is 0.00000220. The van der Waals surface area contributed by atoms with E-state index in [0.717, 1.165) is 0 Å². The van der Waals surface area contributed by atoms with Crippen molar-refractivity contribution in [2.24, 2.45) is 0 Å². The van der Waals surface area contributed by atoms with Gasteiger partial charge in [0, 0.05) is 31.7 Å². The van der Waals surface area contributed by atoms with Crippen LogP contribution in [0.1, 0.15) is 17.2 Å². The molecule has 9 heteroatoms. The summed E-state index contributed by atoms with van der Waals surface area (Å²) in [5.41, 5.74) is -0.412. The van der Waals surface area contributed by atoms with E-state index in [0.29, 0.717) is 13.1 Å². The summed E-state index contributed by atoms with van der Waals surface area (Å²) in [7, 11) is 0. The van der Waals surface area contributed by atoms with Crippen LogP contribution in [-0.4, -0.2) is 42.4 Å². The Kier molecular flexibility index (Phi) is 7.98. The van der Waals surface area contributed by atoms with Crippen molar-refractivity contribution in [3.63, 3.8) is 0 Å². The molecule has 1 atom stereocenters. The molecule has 2 N–H and O–H groups in total. The fourth-order valence-corrected chi connectivity index (χ4v) is 2.39. The van der Waals surface area contributed by atoms with Crippen LogP contribution < -0.4 is 5.32 Å². The first-order valence-corrected chi connectivity index (χ1v) is 6.18. The number of nitriles is 1. The first kappa shape index (κ1) is 20.8. The second-order valence-electron chi connectivity index (χ2n) is 4.59. The van der Waals surface area contributed by atoms with Crippen LogP contribution in [0.25, 0.3) is 0 Å². The maximum absolute atomic E-state index is 13.3. The van der Waals surface area contributed by atoms with Gasteiger partial charge in [-0.3, -0.25) is 4.90 Å². The molecule has 0 radical (unpaired) electrons. The Labute approximate surface area is 138 Å². The highest BCUT2D eigenvalue weighted by atomic mass is 35.5. The van der Waals surface area contributed by atoms with Gasteiger partial charge in [0.2, 0.25) is 0 Å². The first-order valence-electron chi connectivity index (χ1n) is 6.18. The normalized spacial score (nSPS) is 16.8. The van der Waals surface area contributed by atoms with Crippen LogP contribution in [0.15, 0.2) is 18.2 Å². The highest BCUT2D eigenvalue weighted by molar-refractivity contribution is 5.85. The maximum Gasteiger partial charge on any atom is 0.408 e. The standard InChI is InChI=1S/C13H14F3N3O.2ClH/c14-13(15,16)12(19-6-4-18-5-7-19)10-3-1-2-9(8-17)11(10)20;;/h1-3,12,18,20H,4-7H2;2*1H/t12-;;/m0../s1. The number of aromatic hydroxyl groups is 1. The van der Waals surface area contributed by atoms with E-state index in [-0.39, 0.29) is 49.0 Å². The molecule has 0 bridgehead atoms. The van der Waals surface area contributed by atoms with E-state index in [1.807, 2.05) is 0 Å². The van der Waals surface area contributed by atoms with Gasteiger partial charge in [0.25, 0.3) is 0 Å². The lowest BCUT2D eigenvalue weighted by Gasteiger charge is -2.36. The summed E-state index contributed by atoms with van der Waals surface area (Å²) in [6, 6.07) is 3.68. The average Bonchev–Trinajstić information content (AvgIpc) is 2.41. The van der Waals surface area contributed by atoms with Crippen LogP contribution in [0.2, 0.25) is 0 Å². The fourth-order valence-electron chi connectivity index (χ4n) is 2.39. The monoisotopic (exact) mass is 357 g/mol. The van der Waals surface area contributed by atoms with Gasteiger partial charge in [0.15, 0.2) is 0 Å². The number of hydrogen-bond acceptors (Lipinski definition) is 4. The summed E-state index contributed by atoms with van der Waals surface area (Å²) in [5, 5.41) is 21.7. The molecule has 1 fully saturated rings. The number of halogens is 5. The van der Waals surface area contributed by atoms with E-state index in [2.05, 4.69) is 5.32 Å². The smallest absolute Gasteiger partial charge is 0.408 e. The van der Waals surface area contributed by atoms with Gasteiger partial charge in [-0.1, -0.05) is 12.1 Å². The number of para-hydroxylation sites is 1. The zero-order valence-electron chi connectivity index (χ0n) is 11.4. The van der Waals surface area contributed by atoms with Gasteiger partial charge in [0.1, 0.15) is 17.9 Å². The molecule has 0 spiro atoms. The van der Waals surface area contributed by atoms with Gasteiger partial charge in [-0.25, -0.2) is 0 Å². The van der Waals surface area contributed by atoms with Crippen molar-refractivity contribution in [3.05, 3.63) is 29.3 Å². The molecular formula is C13H16Cl2F3N3O. The molecule has 1 aliphatic rings. The van der Waals surface area contributed by atoms with Crippen molar-refractivity contribution < 1.29 is 18.3 Å². The molecular weight excluding hydrogens is 342 g/mol. The molecule has 0 aliphatic carbocycles. The van der Waals surface area contributed by atoms with E-state index in [9.17, 15) is 18.3 Å². The molecule has 2 rings (SSSR count). The van der Waals surface area contributed by atoms with E-state index in [4.69, 9.17) is 5.26 Å². The van der Waals surface area contributed by atoms with E-state index in [1.165, 1.54) is 23.1 Å². The van der Waals surface area contributed by atoms with Gasteiger partial charge in [-0.05, 0) is 6.07 Å². The largest absolute Gasteiger partial charge is 0.506 e.